The zero-order valence-electron chi connectivity index (χ0n) is 14.7. The van der Waals surface area contributed by atoms with E-state index in [1.807, 2.05) is 24.3 Å². The van der Waals surface area contributed by atoms with Crippen molar-refractivity contribution in [1.82, 2.24) is 15.1 Å². The van der Waals surface area contributed by atoms with E-state index < -0.39 is 0 Å². The first-order valence-electron chi connectivity index (χ1n) is 8.20. The lowest BCUT2D eigenvalue weighted by molar-refractivity contribution is 0.217. The average Bonchev–Trinajstić information content (AvgIpc) is 3.07. The molecule has 0 amide bonds. The van der Waals surface area contributed by atoms with E-state index in [9.17, 15) is 0 Å². The predicted octanol–water partition coefficient (Wildman–Crippen LogP) is 4.55. The van der Waals surface area contributed by atoms with Gasteiger partial charge in [0.05, 0.1) is 6.04 Å². The predicted molar refractivity (Wildman–Crippen MR) is 95.5 cm³/mol. The maximum atomic E-state index is 5.90. The maximum absolute atomic E-state index is 5.90. The van der Waals surface area contributed by atoms with Gasteiger partial charge in [-0.05, 0) is 51.1 Å². The molecule has 0 radical (unpaired) electrons. The molecule has 1 heterocycles. The second kappa shape index (κ2) is 6.97. The van der Waals surface area contributed by atoms with Crippen LogP contribution in [0.2, 0.25) is 0 Å². The molecular formula is C20H23N3O. The summed E-state index contributed by atoms with van der Waals surface area (Å²) in [5, 5.41) is 8.44. The van der Waals surface area contributed by atoms with Crippen LogP contribution in [-0.4, -0.2) is 22.1 Å². The number of aromatic nitrogens is 2. The third-order valence-electron chi connectivity index (χ3n) is 4.44. The van der Waals surface area contributed by atoms with Gasteiger partial charge in [0.25, 0.3) is 0 Å². The Balaban J connectivity index is 1.74. The van der Waals surface area contributed by atoms with Crippen LogP contribution in [0.25, 0.3) is 11.5 Å². The van der Waals surface area contributed by atoms with Crippen molar-refractivity contribution in [2.24, 2.45) is 0 Å². The van der Waals surface area contributed by atoms with Crippen molar-refractivity contribution in [3.8, 4) is 11.5 Å². The molecule has 1 aromatic heterocycles. The molecule has 0 saturated carbocycles. The molecule has 24 heavy (non-hydrogen) atoms. The van der Waals surface area contributed by atoms with E-state index in [1.54, 1.807) is 0 Å². The molecular weight excluding hydrogens is 298 g/mol. The van der Waals surface area contributed by atoms with Crippen LogP contribution in [-0.2, 0) is 6.54 Å². The highest BCUT2D eigenvalue weighted by Crippen LogP contribution is 2.24. The highest BCUT2D eigenvalue weighted by molar-refractivity contribution is 5.52. The summed E-state index contributed by atoms with van der Waals surface area (Å²) >= 11 is 0. The maximum Gasteiger partial charge on any atom is 0.247 e. The summed E-state index contributed by atoms with van der Waals surface area (Å²) in [7, 11) is 2.08. The summed E-state index contributed by atoms with van der Waals surface area (Å²) < 4.78 is 5.90. The Morgan fingerprint density at radius 1 is 1.00 bits per heavy atom. The lowest BCUT2D eigenvalue weighted by atomic mass is 10.1. The summed E-state index contributed by atoms with van der Waals surface area (Å²) in [4.78, 5) is 2.22. The van der Waals surface area contributed by atoms with Crippen LogP contribution in [0.15, 0.2) is 52.9 Å². The van der Waals surface area contributed by atoms with Crippen molar-refractivity contribution in [3.05, 3.63) is 71.1 Å². The number of benzene rings is 2. The molecule has 2 aromatic carbocycles. The van der Waals surface area contributed by atoms with Crippen molar-refractivity contribution in [2.45, 2.75) is 33.4 Å². The van der Waals surface area contributed by atoms with Gasteiger partial charge in [-0.1, -0.05) is 42.0 Å². The molecule has 0 aliphatic carbocycles. The first kappa shape index (κ1) is 16.4. The third-order valence-corrected chi connectivity index (χ3v) is 4.44. The Morgan fingerprint density at radius 2 is 1.71 bits per heavy atom. The topological polar surface area (TPSA) is 42.2 Å². The largest absolute Gasteiger partial charge is 0.419 e. The van der Waals surface area contributed by atoms with Gasteiger partial charge < -0.3 is 4.42 Å². The van der Waals surface area contributed by atoms with E-state index in [0.717, 1.165) is 12.1 Å². The van der Waals surface area contributed by atoms with E-state index in [-0.39, 0.29) is 6.04 Å². The highest BCUT2D eigenvalue weighted by Gasteiger charge is 2.19. The summed E-state index contributed by atoms with van der Waals surface area (Å²) in [6.45, 7) is 7.13. The zero-order valence-corrected chi connectivity index (χ0v) is 14.7. The Morgan fingerprint density at radius 3 is 2.42 bits per heavy atom. The van der Waals surface area contributed by atoms with E-state index >= 15 is 0 Å². The van der Waals surface area contributed by atoms with Crippen LogP contribution in [0.4, 0.5) is 0 Å². The standard InChI is InChI=1S/C20H23N3O/c1-14-9-11-17(12-10-14)20-22-21-19(24-20)16(3)23(4)13-18-8-6-5-7-15(18)2/h5-12,16H,13H2,1-4H3. The number of hydrogen-bond acceptors (Lipinski definition) is 4. The van der Waals surface area contributed by atoms with Crippen LogP contribution in [0.3, 0.4) is 0 Å². The first-order chi connectivity index (χ1) is 11.5. The van der Waals surface area contributed by atoms with Crippen molar-refractivity contribution in [3.63, 3.8) is 0 Å². The van der Waals surface area contributed by atoms with Crippen molar-refractivity contribution in [2.75, 3.05) is 7.05 Å². The van der Waals surface area contributed by atoms with E-state index in [1.165, 1.54) is 16.7 Å². The fraction of sp³-hybridized carbons (Fsp3) is 0.300. The van der Waals surface area contributed by atoms with Gasteiger partial charge >= 0.3 is 0 Å². The molecule has 0 N–H and O–H groups in total. The van der Waals surface area contributed by atoms with E-state index in [0.29, 0.717) is 11.8 Å². The first-order valence-corrected chi connectivity index (χ1v) is 8.20. The van der Waals surface area contributed by atoms with Gasteiger partial charge in [-0.15, -0.1) is 10.2 Å². The molecule has 0 aliphatic heterocycles. The fourth-order valence-corrected chi connectivity index (χ4v) is 2.60. The quantitative estimate of drug-likeness (QED) is 0.691. The van der Waals surface area contributed by atoms with Gasteiger partial charge in [0.2, 0.25) is 11.8 Å². The molecule has 0 saturated heterocycles. The summed E-state index contributed by atoms with van der Waals surface area (Å²) in [6, 6.07) is 16.6. The Bertz CT molecular complexity index is 808. The number of rotatable bonds is 5. The van der Waals surface area contributed by atoms with Crippen molar-refractivity contribution < 1.29 is 4.42 Å². The van der Waals surface area contributed by atoms with Crippen LogP contribution in [0, 0.1) is 13.8 Å². The normalized spacial score (nSPS) is 12.5. The molecule has 3 rings (SSSR count). The molecule has 124 valence electrons. The highest BCUT2D eigenvalue weighted by atomic mass is 16.4. The smallest absolute Gasteiger partial charge is 0.247 e. The van der Waals surface area contributed by atoms with Crippen LogP contribution >= 0.6 is 0 Å². The van der Waals surface area contributed by atoms with E-state index in [4.69, 9.17) is 4.42 Å². The Labute approximate surface area is 143 Å². The van der Waals surface area contributed by atoms with Gasteiger partial charge in [0.15, 0.2) is 0 Å². The second-order valence-corrected chi connectivity index (χ2v) is 6.33. The minimum Gasteiger partial charge on any atom is -0.419 e. The Hall–Kier alpha value is -2.46. The fourth-order valence-electron chi connectivity index (χ4n) is 2.60. The zero-order chi connectivity index (χ0) is 17.1. The van der Waals surface area contributed by atoms with Crippen LogP contribution < -0.4 is 0 Å². The molecule has 0 bridgehead atoms. The van der Waals surface area contributed by atoms with Gasteiger partial charge in [0.1, 0.15) is 0 Å². The number of nitrogens with zero attached hydrogens (tertiary/aromatic N) is 3. The molecule has 1 unspecified atom stereocenters. The molecule has 4 heteroatoms. The number of aryl methyl sites for hydroxylation is 2. The molecule has 3 aromatic rings. The summed E-state index contributed by atoms with van der Waals surface area (Å²) in [6.07, 6.45) is 0. The van der Waals surface area contributed by atoms with Gasteiger partial charge in [-0.3, -0.25) is 4.90 Å². The van der Waals surface area contributed by atoms with Crippen molar-refractivity contribution in [1.29, 1.82) is 0 Å². The minimum atomic E-state index is 0.0521. The molecule has 0 aliphatic rings. The molecule has 0 spiro atoms. The number of hydrogen-bond donors (Lipinski definition) is 0. The molecule has 1 atom stereocenters. The molecule has 0 fully saturated rings. The lowest BCUT2D eigenvalue weighted by Gasteiger charge is -2.22. The lowest BCUT2D eigenvalue weighted by Crippen LogP contribution is -2.22. The average molecular weight is 321 g/mol. The second-order valence-electron chi connectivity index (χ2n) is 6.33. The summed E-state index contributed by atoms with van der Waals surface area (Å²) in [5.74, 6) is 1.21. The molecule has 4 nitrogen and oxygen atoms in total. The monoisotopic (exact) mass is 321 g/mol. The van der Waals surface area contributed by atoms with Gasteiger partial charge in [-0.25, -0.2) is 0 Å². The van der Waals surface area contributed by atoms with Crippen molar-refractivity contribution >= 4 is 0 Å². The Kier molecular flexibility index (Phi) is 4.76. The van der Waals surface area contributed by atoms with Gasteiger partial charge in [0, 0.05) is 12.1 Å². The third kappa shape index (κ3) is 3.54. The van der Waals surface area contributed by atoms with Gasteiger partial charge in [-0.2, -0.15) is 0 Å². The van der Waals surface area contributed by atoms with Crippen LogP contribution in [0.1, 0.15) is 35.5 Å². The summed E-state index contributed by atoms with van der Waals surface area (Å²) in [5.41, 5.74) is 4.77. The van der Waals surface area contributed by atoms with E-state index in [2.05, 4.69) is 67.2 Å². The minimum absolute atomic E-state index is 0.0521. The SMILES string of the molecule is Cc1ccc(-c2nnc(C(C)N(C)Cc3ccccc3C)o2)cc1. The van der Waals surface area contributed by atoms with Crippen LogP contribution in [0.5, 0.6) is 0 Å².